The Hall–Kier alpha value is -1.41. The van der Waals surface area contributed by atoms with Crippen molar-refractivity contribution in [2.75, 3.05) is 0 Å². The molecule has 0 saturated heterocycles. The van der Waals surface area contributed by atoms with Gasteiger partial charge in [0, 0.05) is 0 Å². The Balaban J connectivity index is 2.79. The minimum atomic E-state index is 0.297. The van der Waals surface area contributed by atoms with Gasteiger partial charge in [-0.25, -0.2) is 0 Å². The van der Waals surface area contributed by atoms with Gasteiger partial charge in [0.25, 0.3) is 0 Å². The van der Waals surface area contributed by atoms with Crippen molar-refractivity contribution in [3.8, 4) is 0 Å². The van der Waals surface area contributed by atoms with Crippen molar-refractivity contribution in [3.63, 3.8) is 0 Å². The van der Waals surface area contributed by atoms with Gasteiger partial charge in [-0.05, 0) is 62.7 Å². The van der Waals surface area contributed by atoms with Crippen LogP contribution in [0.1, 0.15) is 53.9 Å². The third-order valence-electron chi connectivity index (χ3n) is 4.14. The smallest absolute Gasteiger partial charge is 0.0964 e. The van der Waals surface area contributed by atoms with Gasteiger partial charge in [0.2, 0.25) is 0 Å². The third kappa shape index (κ3) is 6.15. The molecule has 0 unspecified atom stereocenters. The van der Waals surface area contributed by atoms with Gasteiger partial charge in [0.15, 0.2) is 0 Å². The quantitative estimate of drug-likeness (QED) is 0.394. The van der Waals surface area contributed by atoms with E-state index in [-0.39, 0.29) is 0 Å². The summed E-state index contributed by atoms with van der Waals surface area (Å²) in [5.74, 6) is 0. The molecule has 0 fully saturated rings. The summed E-state index contributed by atoms with van der Waals surface area (Å²) in [5.41, 5.74) is 11.1. The minimum absolute atomic E-state index is 0.297. The number of rotatable bonds is 5. The highest BCUT2D eigenvalue weighted by atomic mass is 32.1. The molecule has 0 aromatic rings. The highest BCUT2D eigenvalue weighted by Gasteiger charge is 2.26. The molecule has 0 bridgehead atoms. The monoisotopic (exact) mass is 315 g/mol. The molecule has 0 amide bonds. The van der Waals surface area contributed by atoms with Crippen molar-refractivity contribution in [1.82, 2.24) is 0 Å². The van der Waals surface area contributed by atoms with Gasteiger partial charge in [0.05, 0.1) is 4.99 Å². The van der Waals surface area contributed by atoms with Crippen LogP contribution in [0.25, 0.3) is 0 Å². The molecule has 1 aliphatic carbocycles. The van der Waals surface area contributed by atoms with Crippen LogP contribution in [0.15, 0.2) is 58.7 Å². The Morgan fingerprint density at radius 1 is 1.18 bits per heavy atom. The fraction of sp³-hybridized carbons (Fsp3) is 0.450. The van der Waals surface area contributed by atoms with Crippen molar-refractivity contribution in [2.45, 2.75) is 53.9 Å². The maximum absolute atomic E-state index is 5.48. The normalized spacial score (nSPS) is 20.2. The maximum Gasteiger partial charge on any atom is 0.0964 e. The lowest BCUT2D eigenvalue weighted by molar-refractivity contribution is 0.377. The van der Waals surface area contributed by atoms with E-state index in [1.807, 2.05) is 19.1 Å². The second-order valence-electron chi connectivity index (χ2n) is 6.83. The molecular weight excluding hydrogens is 286 g/mol. The first-order valence-electron chi connectivity index (χ1n) is 7.93. The summed E-state index contributed by atoms with van der Waals surface area (Å²) in [7, 11) is 0. The van der Waals surface area contributed by atoms with E-state index in [9.17, 15) is 0 Å². The van der Waals surface area contributed by atoms with Crippen LogP contribution in [0.5, 0.6) is 0 Å². The van der Waals surface area contributed by atoms with Crippen LogP contribution < -0.4 is 5.73 Å². The molecule has 2 N–H and O–H groups in total. The van der Waals surface area contributed by atoms with Crippen molar-refractivity contribution in [2.24, 2.45) is 11.1 Å². The first-order valence-corrected chi connectivity index (χ1v) is 8.34. The SMILES string of the molecule is CC(C=CC1=C(C)CCCC1(C)C)=CC=CC(C)=CC(N)=S. The van der Waals surface area contributed by atoms with E-state index in [2.05, 4.69) is 45.9 Å². The van der Waals surface area contributed by atoms with E-state index in [0.717, 1.165) is 5.57 Å². The zero-order chi connectivity index (χ0) is 16.8. The van der Waals surface area contributed by atoms with Gasteiger partial charge in [-0.1, -0.05) is 67.6 Å². The van der Waals surface area contributed by atoms with Crippen LogP contribution in [0, 0.1) is 5.41 Å². The Labute approximate surface area is 141 Å². The summed E-state index contributed by atoms with van der Waals surface area (Å²) >= 11 is 4.86. The van der Waals surface area contributed by atoms with Gasteiger partial charge >= 0.3 is 0 Å². The lowest BCUT2D eigenvalue weighted by atomic mass is 9.72. The molecule has 0 atom stereocenters. The van der Waals surface area contributed by atoms with Crippen LogP contribution in [-0.2, 0) is 0 Å². The van der Waals surface area contributed by atoms with E-state index in [4.69, 9.17) is 18.0 Å². The molecule has 0 aromatic carbocycles. The van der Waals surface area contributed by atoms with Crippen LogP contribution in [-0.4, -0.2) is 4.99 Å². The topological polar surface area (TPSA) is 26.0 Å². The second kappa shape index (κ2) is 8.28. The Morgan fingerprint density at radius 2 is 1.86 bits per heavy atom. The summed E-state index contributed by atoms with van der Waals surface area (Å²) in [4.78, 5) is 0.421. The Bertz CT molecular complexity index is 569. The molecule has 2 heteroatoms. The molecule has 0 radical (unpaired) electrons. The summed E-state index contributed by atoms with van der Waals surface area (Å²) in [6.45, 7) is 11.1. The Morgan fingerprint density at radius 3 is 2.45 bits per heavy atom. The molecule has 0 aromatic heterocycles. The Kier molecular flexibility index (Phi) is 7.02. The summed E-state index contributed by atoms with van der Waals surface area (Å²) in [6, 6.07) is 0. The summed E-state index contributed by atoms with van der Waals surface area (Å²) < 4.78 is 0. The van der Waals surface area contributed by atoms with Crippen molar-refractivity contribution < 1.29 is 0 Å². The van der Waals surface area contributed by atoms with E-state index in [1.165, 1.54) is 36.0 Å². The molecule has 0 spiro atoms. The van der Waals surface area contributed by atoms with Gasteiger partial charge in [-0.15, -0.1) is 0 Å². The van der Waals surface area contributed by atoms with Crippen LogP contribution in [0.3, 0.4) is 0 Å². The molecule has 120 valence electrons. The number of thiocarbonyl (C=S) groups is 1. The van der Waals surface area contributed by atoms with Crippen LogP contribution >= 0.6 is 12.2 Å². The van der Waals surface area contributed by atoms with Crippen LogP contribution in [0.4, 0.5) is 0 Å². The average molecular weight is 316 g/mol. The number of nitrogens with two attached hydrogens (primary N) is 1. The zero-order valence-electron chi connectivity index (χ0n) is 14.6. The van der Waals surface area contributed by atoms with Crippen molar-refractivity contribution in [1.29, 1.82) is 0 Å². The standard InChI is InChI=1S/C20H29NS/c1-15(8-6-9-16(2)14-19(21)22)11-12-18-17(3)10-7-13-20(18,4)5/h6,8-9,11-12,14H,7,10,13H2,1-5H3,(H2,21,22). The fourth-order valence-corrected chi connectivity index (χ4v) is 3.09. The van der Waals surface area contributed by atoms with E-state index in [0.29, 0.717) is 10.4 Å². The third-order valence-corrected chi connectivity index (χ3v) is 4.26. The van der Waals surface area contributed by atoms with Gasteiger partial charge in [-0.3, -0.25) is 0 Å². The number of hydrogen-bond donors (Lipinski definition) is 1. The molecule has 1 nitrogen and oxygen atoms in total. The predicted octanol–water partition coefficient (Wildman–Crippen LogP) is 5.80. The van der Waals surface area contributed by atoms with Gasteiger partial charge < -0.3 is 5.73 Å². The highest BCUT2D eigenvalue weighted by Crippen LogP contribution is 2.40. The largest absolute Gasteiger partial charge is 0.390 e. The summed E-state index contributed by atoms with van der Waals surface area (Å²) in [5, 5.41) is 0. The van der Waals surface area contributed by atoms with E-state index in [1.54, 1.807) is 6.08 Å². The van der Waals surface area contributed by atoms with E-state index >= 15 is 0 Å². The maximum atomic E-state index is 5.48. The van der Waals surface area contributed by atoms with Crippen molar-refractivity contribution >= 4 is 17.2 Å². The van der Waals surface area contributed by atoms with Gasteiger partial charge in [-0.2, -0.15) is 0 Å². The fourth-order valence-electron chi connectivity index (χ4n) is 2.90. The molecule has 22 heavy (non-hydrogen) atoms. The number of allylic oxidation sites excluding steroid dienone is 9. The van der Waals surface area contributed by atoms with Gasteiger partial charge in [0.1, 0.15) is 0 Å². The molecule has 1 aliphatic rings. The van der Waals surface area contributed by atoms with Crippen molar-refractivity contribution in [3.05, 3.63) is 58.7 Å². The van der Waals surface area contributed by atoms with Crippen LogP contribution in [0.2, 0.25) is 0 Å². The molecule has 1 rings (SSSR count). The molecule has 0 heterocycles. The predicted molar refractivity (Wildman–Crippen MR) is 103 cm³/mol. The molecule has 0 saturated carbocycles. The zero-order valence-corrected chi connectivity index (χ0v) is 15.4. The lowest BCUT2D eigenvalue weighted by Gasteiger charge is -2.32. The second-order valence-corrected chi connectivity index (χ2v) is 7.30. The molecule has 0 aliphatic heterocycles. The summed E-state index contributed by atoms with van der Waals surface area (Å²) in [6.07, 6.45) is 16.3. The lowest BCUT2D eigenvalue weighted by Crippen LogP contribution is -2.19. The first kappa shape index (κ1) is 18.6. The molecular formula is C20H29NS. The highest BCUT2D eigenvalue weighted by molar-refractivity contribution is 7.80. The average Bonchev–Trinajstić information content (AvgIpc) is 2.36. The number of hydrogen-bond acceptors (Lipinski definition) is 1. The first-order chi connectivity index (χ1) is 10.2. The van der Waals surface area contributed by atoms with E-state index < -0.39 is 0 Å². The minimum Gasteiger partial charge on any atom is -0.390 e.